The van der Waals surface area contributed by atoms with Crippen molar-refractivity contribution in [1.82, 2.24) is 9.97 Å². The van der Waals surface area contributed by atoms with Crippen LogP contribution in [0.4, 0.5) is 0 Å². The van der Waals surface area contributed by atoms with Gasteiger partial charge < -0.3 is 5.73 Å². The molecule has 0 aliphatic rings. The average molecular weight is 317 g/mol. The fourth-order valence-corrected chi connectivity index (χ4v) is 2.51. The molecule has 1 amide bonds. The maximum atomic E-state index is 11.3. The molecule has 24 heavy (non-hydrogen) atoms. The highest BCUT2D eigenvalue weighted by atomic mass is 16.1. The van der Waals surface area contributed by atoms with Crippen LogP contribution in [0.25, 0.3) is 22.6 Å². The van der Waals surface area contributed by atoms with Gasteiger partial charge in [0.05, 0.1) is 5.69 Å². The van der Waals surface area contributed by atoms with E-state index in [0.717, 1.165) is 16.8 Å². The zero-order valence-electron chi connectivity index (χ0n) is 13.7. The second-order valence-corrected chi connectivity index (χ2v) is 5.99. The Kier molecular flexibility index (Phi) is 4.38. The van der Waals surface area contributed by atoms with Crippen LogP contribution in [0.2, 0.25) is 0 Å². The first kappa shape index (κ1) is 15.9. The summed E-state index contributed by atoms with van der Waals surface area (Å²) < 4.78 is 0. The fourth-order valence-electron chi connectivity index (χ4n) is 2.51. The quantitative estimate of drug-likeness (QED) is 0.789. The van der Waals surface area contributed by atoms with Crippen molar-refractivity contribution in [3.63, 3.8) is 0 Å². The maximum Gasteiger partial charge on any atom is 0.248 e. The first-order chi connectivity index (χ1) is 11.5. The summed E-state index contributed by atoms with van der Waals surface area (Å²) in [5.41, 5.74) is 9.66. The number of carbonyl (C=O) groups excluding carboxylic acids is 1. The Morgan fingerprint density at radius 3 is 2.42 bits per heavy atom. The monoisotopic (exact) mass is 317 g/mol. The summed E-state index contributed by atoms with van der Waals surface area (Å²) in [5, 5.41) is 0. The summed E-state index contributed by atoms with van der Waals surface area (Å²) in [6.45, 7) is 4.33. The fraction of sp³-hybridized carbons (Fsp3) is 0.150. The van der Waals surface area contributed by atoms with Crippen molar-refractivity contribution in [2.45, 2.75) is 19.8 Å². The van der Waals surface area contributed by atoms with Crippen molar-refractivity contribution in [1.29, 1.82) is 0 Å². The molecule has 0 aliphatic heterocycles. The Bertz CT molecular complexity index is 870. The number of hydrogen-bond donors (Lipinski definition) is 1. The third-order valence-corrected chi connectivity index (χ3v) is 3.93. The highest BCUT2D eigenvalue weighted by molar-refractivity contribution is 5.94. The lowest BCUT2D eigenvalue weighted by Crippen LogP contribution is -2.10. The van der Waals surface area contributed by atoms with Gasteiger partial charge in [0.2, 0.25) is 5.91 Å². The zero-order chi connectivity index (χ0) is 17.1. The van der Waals surface area contributed by atoms with E-state index >= 15 is 0 Å². The van der Waals surface area contributed by atoms with Gasteiger partial charge in [0.25, 0.3) is 0 Å². The van der Waals surface area contributed by atoms with Gasteiger partial charge in [0.1, 0.15) is 0 Å². The topological polar surface area (TPSA) is 68.9 Å². The van der Waals surface area contributed by atoms with E-state index in [1.54, 1.807) is 24.4 Å². The van der Waals surface area contributed by atoms with E-state index in [0.29, 0.717) is 17.3 Å². The smallest absolute Gasteiger partial charge is 0.248 e. The Balaban J connectivity index is 1.97. The number of primary amides is 1. The molecular weight excluding hydrogens is 298 g/mol. The lowest BCUT2D eigenvalue weighted by atomic mass is 10.0. The molecule has 0 spiro atoms. The Morgan fingerprint density at radius 1 is 1.00 bits per heavy atom. The molecule has 0 atom stereocenters. The van der Waals surface area contributed by atoms with Crippen LogP contribution >= 0.6 is 0 Å². The van der Waals surface area contributed by atoms with Crippen LogP contribution in [-0.2, 0) is 0 Å². The van der Waals surface area contributed by atoms with Gasteiger partial charge in [-0.15, -0.1) is 0 Å². The van der Waals surface area contributed by atoms with Gasteiger partial charge in [-0.1, -0.05) is 50.2 Å². The van der Waals surface area contributed by atoms with E-state index in [1.165, 1.54) is 5.56 Å². The molecule has 0 bridgehead atoms. The minimum Gasteiger partial charge on any atom is -0.366 e. The molecule has 0 radical (unpaired) electrons. The summed E-state index contributed by atoms with van der Waals surface area (Å²) in [7, 11) is 0. The number of nitrogens with zero attached hydrogens (tertiary/aromatic N) is 2. The molecule has 0 fully saturated rings. The summed E-state index contributed by atoms with van der Waals surface area (Å²) >= 11 is 0. The summed E-state index contributed by atoms with van der Waals surface area (Å²) in [4.78, 5) is 20.3. The highest BCUT2D eigenvalue weighted by Gasteiger charge is 2.08. The number of benzene rings is 2. The Hall–Kier alpha value is -3.01. The van der Waals surface area contributed by atoms with Crippen LogP contribution in [0.1, 0.15) is 35.7 Å². The van der Waals surface area contributed by atoms with Crippen LogP contribution in [0.3, 0.4) is 0 Å². The summed E-state index contributed by atoms with van der Waals surface area (Å²) in [6.07, 6.45) is 1.73. The van der Waals surface area contributed by atoms with E-state index in [2.05, 4.69) is 35.9 Å². The Labute approximate surface area is 141 Å². The normalized spacial score (nSPS) is 10.8. The standard InChI is InChI=1S/C20H19N3O/c1-13(2)14-6-8-15(9-7-14)20-22-11-10-18(23-20)16-4-3-5-17(12-16)19(21)24/h3-13H,1-2H3,(H2,21,24). The van der Waals surface area contributed by atoms with Gasteiger partial charge in [-0.2, -0.15) is 0 Å². The number of aromatic nitrogens is 2. The molecule has 3 aromatic rings. The van der Waals surface area contributed by atoms with Crippen molar-refractivity contribution in [2.24, 2.45) is 5.73 Å². The minimum absolute atomic E-state index is 0.449. The molecule has 2 aromatic carbocycles. The van der Waals surface area contributed by atoms with Crippen molar-refractivity contribution < 1.29 is 4.79 Å². The molecule has 3 rings (SSSR count). The van der Waals surface area contributed by atoms with Gasteiger partial charge in [-0.25, -0.2) is 9.97 Å². The second-order valence-electron chi connectivity index (χ2n) is 5.99. The first-order valence-electron chi connectivity index (χ1n) is 7.88. The van der Waals surface area contributed by atoms with E-state index in [9.17, 15) is 4.79 Å². The third kappa shape index (κ3) is 3.33. The molecular formula is C20H19N3O. The zero-order valence-corrected chi connectivity index (χ0v) is 13.7. The summed E-state index contributed by atoms with van der Waals surface area (Å²) in [5.74, 6) is 0.700. The highest BCUT2D eigenvalue weighted by Crippen LogP contribution is 2.23. The van der Waals surface area contributed by atoms with Crippen LogP contribution in [0, 0.1) is 0 Å². The maximum absolute atomic E-state index is 11.3. The number of rotatable bonds is 4. The van der Waals surface area contributed by atoms with Crippen LogP contribution in [0.5, 0.6) is 0 Å². The third-order valence-electron chi connectivity index (χ3n) is 3.93. The molecule has 0 aliphatic carbocycles. The van der Waals surface area contributed by atoms with Gasteiger partial charge in [0, 0.05) is 22.9 Å². The van der Waals surface area contributed by atoms with Gasteiger partial charge in [0.15, 0.2) is 5.82 Å². The largest absolute Gasteiger partial charge is 0.366 e. The molecule has 0 saturated carbocycles. The Morgan fingerprint density at radius 2 is 1.75 bits per heavy atom. The van der Waals surface area contributed by atoms with Gasteiger partial charge in [-0.05, 0) is 29.7 Å². The molecule has 1 aromatic heterocycles. The lowest BCUT2D eigenvalue weighted by molar-refractivity contribution is 0.100. The number of nitrogens with two attached hydrogens (primary N) is 1. The minimum atomic E-state index is -0.449. The molecule has 1 heterocycles. The van der Waals surface area contributed by atoms with Gasteiger partial charge >= 0.3 is 0 Å². The first-order valence-corrected chi connectivity index (χ1v) is 7.88. The molecule has 2 N–H and O–H groups in total. The molecule has 4 heteroatoms. The number of hydrogen-bond acceptors (Lipinski definition) is 3. The molecule has 4 nitrogen and oxygen atoms in total. The van der Waals surface area contributed by atoms with Crippen LogP contribution in [-0.4, -0.2) is 15.9 Å². The van der Waals surface area contributed by atoms with E-state index < -0.39 is 5.91 Å². The predicted octanol–water partition coefficient (Wildman–Crippen LogP) is 4.03. The van der Waals surface area contributed by atoms with Crippen molar-refractivity contribution in [3.05, 3.63) is 71.9 Å². The molecule has 0 unspecified atom stereocenters. The molecule has 0 saturated heterocycles. The van der Waals surface area contributed by atoms with Crippen molar-refractivity contribution >= 4 is 5.91 Å². The van der Waals surface area contributed by atoms with Crippen LogP contribution in [0.15, 0.2) is 60.8 Å². The van der Waals surface area contributed by atoms with Crippen molar-refractivity contribution in [2.75, 3.05) is 0 Å². The number of carbonyl (C=O) groups is 1. The van der Waals surface area contributed by atoms with E-state index in [-0.39, 0.29) is 0 Å². The van der Waals surface area contributed by atoms with E-state index in [1.807, 2.05) is 24.3 Å². The summed E-state index contributed by atoms with van der Waals surface area (Å²) in [6, 6.07) is 17.2. The predicted molar refractivity (Wildman–Crippen MR) is 95.5 cm³/mol. The molecule has 120 valence electrons. The van der Waals surface area contributed by atoms with Gasteiger partial charge in [-0.3, -0.25) is 4.79 Å². The number of amides is 1. The van der Waals surface area contributed by atoms with E-state index in [4.69, 9.17) is 5.73 Å². The van der Waals surface area contributed by atoms with Crippen LogP contribution < -0.4 is 5.73 Å². The average Bonchev–Trinajstić information content (AvgIpc) is 2.62. The second kappa shape index (κ2) is 6.62. The van der Waals surface area contributed by atoms with Crippen molar-refractivity contribution in [3.8, 4) is 22.6 Å². The lowest BCUT2D eigenvalue weighted by Gasteiger charge is -2.08. The SMILES string of the molecule is CC(C)c1ccc(-c2nccc(-c3cccc(C(N)=O)c3)n2)cc1.